The maximum Gasteiger partial charge on any atom is 0.187 e. The van der Waals surface area contributed by atoms with Crippen molar-refractivity contribution < 1.29 is 44.5 Å². The Kier molecular flexibility index (Phi) is 5.53. The number of aliphatic hydroxyl groups is 5. The minimum absolute atomic E-state index is 0.138. The molecule has 9 atom stereocenters. The highest BCUT2D eigenvalue weighted by Crippen LogP contribution is 2.66. The number of ether oxygens (including phenoxy) is 3. The van der Waals surface area contributed by atoms with Crippen molar-refractivity contribution >= 4 is 5.78 Å². The van der Waals surface area contributed by atoms with Gasteiger partial charge >= 0.3 is 0 Å². The number of rotatable bonds is 5. The van der Waals surface area contributed by atoms with Gasteiger partial charge in [-0.05, 0) is 32.4 Å². The number of carbonyl (C=O) groups excluding carboxylic acids is 1. The average molecular weight is 402 g/mol. The van der Waals surface area contributed by atoms with E-state index in [-0.39, 0.29) is 5.78 Å². The van der Waals surface area contributed by atoms with Gasteiger partial charge in [0.2, 0.25) is 0 Å². The fourth-order valence-corrected chi connectivity index (χ4v) is 4.74. The van der Waals surface area contributed by atoms with Gasteiger partial charge in [0.15, 0.2) is 12.1 Å². The lowest BCUT2D eigenvalue weighted by Gasteiger charge is -2.46. The second kappa shape index (κ2) is 7.10. The largest absolute Gasteiger partial charge is 0.394 e. The smallest absolute Gasteiger partial charge is 0.187 e. The van der Waals surface area contributed by atoms with E-state index in [1.54, 1.807) is 13.0 Å². The molecule has 3 aliphatic rings. The highest BCUT2D eigenvalue weighted by atomic mass is 16.7. The van der Waals surface area contributed by atoms with Gasteiger partial charge in [-0.15, -0.1) is 0 Å². The van der Waals surface area contributed by atoms with Crippen LogP contribution >= 0.6 is 0 Å². The predicted octanol–water partition coefficient (Wildman–Crippen LogP) is -1.36. The van der Waals surface area contributed by atoms with Gasteiger partial charge in [-0.2, -0.15) is 0 Å². The van der Waals surface area contributed by atoms with E-state index in [0.717, 1.165) is 0 Å². The Hall–Kier alpha value is -0.910. The van der Waals surface area contributed by atoms with Crippen molar-refractivity contribution in [3.63, 3.8) is 0 Å². The van der Waals surface area contributed by atoms with Gasteiger partial charge in [0.05, 0.1) is 12.7 Å². The van der Waals surface area contributed by atoms with Gasteiger partial charge in [0, 0.05) is 5.41 Å². The maximum atomic E-state index is 11.5. The van der Waals surface area contributed by atoms with Crippen LogP contribution in [0.15, 0.2) is 12.2 Å². The van der Waals surface area contributed by atoms with Gasteiger partial charge in [-0.25, -0.2) is 0 Å². The topological polar surface area (TPSA) is 149 Å². The molecule has 3 fully saturated rings. The minimum atomic E-state index is -1.58. The van der Waals surface area contributed by atoms with Gasteiger partial charge in [-0.1, -0.05) is 13.8 Å². The predicted molar refractivity (Wildman–Crippen MR) is 95.1 cm³/mol. The third-order valence-electron chi connectivity index (χ3n) is 6.37. The third kappa shape index (κ3) is 3.14. The zero-order valence-electron chi connectivity index (χ0n) is 16.5. The third-order valence-corrected chi connectivity index (χ3v) is 6.37. The summed E-state index contributed by atoms with van der Waals surface area (Å²) in [4.78, 5) is 11.5. The van der Waals surface area contributed by atoms with Crippen LogP contribution in [0.25, 0.3) is 0 Å². The molecule has 0 spiro atoms. The van der Waals surface area contributed by atoms with Crippen molar-refractivity contribution in [3.8, 4) is 0 Å². The average Bonchev–Trinajstić information content (AvgIpc) is 3.24. The lowest BCUT2D eigenvalue weighted by atomic mass is 9.62. The summed E-state index contributed by atoms with van der Waals surface area (Å²) in [6, 6.07) is 0. The molecule has 28 heavy (non-hydrogen) atoms. The molecule has 9 heteroatoms. The number of allylic oxidation sites excluding steroid dienone is 1. The molecule has 0 unspecified atom stereocenters. The van der Waals surface area contributed by atoms with Gasteiger partial charge in [0.25, 0.3) is 0 Å². The number of aliphatic hydroxyl groups excluding tert-OH is 5. The molecule has 2 saturated heterocycles. The van der Waals surface area contributed by atoms with Crippen LogP contribution in [0.3, 0.4) is 0 Å². The molecule has 0 aromatic rings. The van der Waals surface area contributed by atoms with Crippen molar-refractivity contribution in [1.29, 1.82) is 0 Å². The molecule has 2 aliphatic heterocycles. The normalized spacial score (nSPS) is 50.4. The second-order valence-corrected chi connectivity index (χ2v) is 8.80. The van der Waals surface area contributed by atoms with Crippen LogP contribution in [0.2, 0.25) is 0 Å². The first-order valence-corrected chi connectivity index (χ1v) is 9.44. The summed E-state index contributed by atoms with van der Waals surface area (Å²) >= 11 is 0. The first-order valence-electron chi connectivity index (χ1n) is 9.44. The summed E-state index contributed by atoms with van der Waals surface area (Å²) in [5.74, 6) is -0.138. The zero-order valence-corrected chi connectivity index (χ0v) is 16.5. The molecular formula is C19H30O9. The summed E-state index contributed by atoms with van der Waals surface area (Å²) in [7, 11) is 0. The highest BCUT2D eigenvalue weighted by molar-refractivity contribution is 5.87. The Morgan fingerprint density at radius 2 is 1.79 bits per heavy atom. The molecule has 1 saturated carbocycles. The van der Waals surface area contributed by atoms with Gasteiger partial charge < -0.3 is 39.7 Å². The Morgan fingerprint density at radius 3 is 2.36 bits per heavy atom. The highest BCUT2D eigenvalue weighted by Gasteiger charge is 2.79. The molecule has 0 amide bonds. The lowest BCUT2D eigenvalue weighted by Crippen LogP contribution is -2.63. The van der Waals surface area contributed by atoms with E-state index in [2.05, 4.69) is 0 Å². The summed E-state index contributed by atoms with van der Waals surface area (Å²) < 4.78 is 17.3. The van der Waals surface area contributed by atoms with Crippen molar-refractivity contribution in [2.45, 2.75) is 88.2 Å². The van der Waals surface area contributed by atoms with Gasteiger partial charge in [0.1, 0.15) is 41.7 Å². The maximum absolute atomic E-state index is 11.5. The molecule has 5 N–H and O–H groups in total. The zero-order chi connectivity index (χ0) is 21.1. The van der Waals surface area contributed by atoms with Crippen molar-refractivity contribution in [1.82, 2.24) is 0 Å². The summed E-state index contributed by atoms with van der Waals surface area (Å²) in [6.45, 7) is 6.45. The van der Waals surface area contributed by atoms with Crippen LogP contribution in [0, 0.1) is 5.41 Å². The molecular weight excluding hydrogens is 372 g/mol. The molecule has 0 aromatic heterocycles. The number of hydrogen-bond donors (Lipinski definition) is 5. The fourth-order valence-electron chi connectivity index (χ4n) is 4.74. The SMILES string of the molecule is CC(=O)/C=C/[C@]12O[C@@]1(C)[C@@H](O[C@H]1O[C@@H](CO)[C@H](O)[C@@H](O)[C@@H]1O)[C@@H](O)CC2(C)C. The van der Waals surface area contributed by atoms with Crippen LogP contribution in [0.4, 0.5) is 0 Å². The van der Waals surface area contributed by atoms with Crippen LogP contribution in [0.5, 0.6) is 0 Å². The fraction of sp³-hybridized carbons (Fsp3) is 0.842. The molecule has 1 aliphatic carbocycles. The van der Waals surface area contributed by atoms with E-state index in [9.17, 15) is 30.3 Å². The molecule has 0 radical (unpaired) electrons. The monoisotopic (exact) mass is 402 g/mol. The summed E-state index contributed by atoms with van der Waals surface area (Å²) in [6.07, 6.45) is -5.64. The van der Waals surface area contributed by atoms with Crippen molar-refractivity contribution in [2.75, 3.05) is 6.61 Å². The van der Waals surface area contributed by atoms with E-state index in [0.29, 0.717) is 6.42 Å². The van der Waals surface area contributed by atoms with Crippen LogP contribution in [-0.4, -0.2) is 92.0 Å². The first-order chi connectivity index (χ1) is 12.9. The van der Waals surface area contributed by atoms with Crippen molar-refractivity contribution in [3.05, 3.63) is 12.2 Å². The standard InChI is InChI=1S/C19H30O9/c1-9(21)5-6-19-17(2,3)7-10(22)15(18(19,4)28-19)27-16-14(25)13(24)12(23)11(8-20)26-16/h5-6,10-16,20,22-25H,7-8H2,1-4H3/b6-5+/t10-,11-,12-,13+,14-,15-,16+,18-,19+/m0/s1. The molecule has 3 rings (SSSR count). The van der Waals surface area contributed by atoms with Crippen LogP contribution < -0.4 is 0 Å². The Morgan fingerprint density at radius 1 is 1.14 bits per heavy atom. The lowest BCUT2D eigenvalue weighted by molar-refractivity contribution is -0.323. The van der Waals surface area contributed by atoms with E-state index >= 15 is 0 Å². The molecule has 2 heterocycles. The van der Waals surface area contributed by atoms with Crippen molar-refractivity contribution in [2.24, 2.45) is 5.41 Å². The Bertz CT molecular complexity index is 647. The van der Waals surface area contributed by atoms with E-state index < -0.39 is 66.1 Å². The molecule has 0 bridgehead atoms. The second-order valence-electron chi connectivity index (χ2n) is 8.80. The Labute approximate surface area is 163 Å². The van der Waals surface area contributed by atoms with Gasteiger partial charge in [-0.3, -0.25) is 4.79 Å². The van der Waals surface area contributed by atoms with E-state index in [4.69, 9.17) is 14.2 Å². The Balaban J connectivity index is 1.85. The van der Waals surface area contributed by atoms with Crippen LogP contribution in [0.1, 0.15) is 34.1 Å². The summed E-state index contributed by atoms with van der Waals surface area (Å²) in [5, 5.41) is 50.2. The molecule has 160 valence electrons. The van der Waals surface area contributed by atoms with Crippen LogP contribution in [-0.2, 0) is 19.0 Å². The number of hydrogen-bond acceptors (Lipinski definition) is 9. The number of epoxide rings is 1. The van der Waals surface area contributed by atoms with E-state index in [1.807, 2.05) is 13.8 Å². The summed E-state index contributed by atoms with van der Waals surface area (Å²) in [5.41, 5.74) is -2.36. The molecule has 0 aromatic carbocycles. The first kappa shape index (κ1) is 21.8. The number of carbonyl (C=O) groups is 1. The number of ketones is 1. The van der Waals surface area contributed by atoms with E-state index in [1.165, 1.54) is 13.0 Å². The molecule has 9 nitrogen and oxygen atoms in total. The quantitative estimate of drug-likeness (QED) is 0.277. The number of fused-ring (bicyclic) bond motifs is 1. The minimum Gasteiger partial charge on any atom is -0.394 e.